The van der Waals surface area contributed by atoms with E-state index in [-0.39, 0.29) is 0 Å². The molecule has 4 heteroatoms. The van der Waals surface area contributed by atoms with Crippen molar-refractivity contribution in [2.24, 2.45) is 0 Å². The zero-order valence-corrected chi connectivity index (χ0v) is 9.60. The van der Waals surface area contributed by atoms with Gasteiger partial charge in [-0.1, -0.05) is 13.8 Å². The third kappa shape index (κ3) is 1.48. The molecule has 2 rings (SSSR count). The highest BCUT2D eigenvalue weighted by molar-refractivity contribution is 7.12. The maximum atomic E-state index is 11.0. The van der Waals surface area contributed by atoms with E-state index in [9.17, 15) is 9.90 Å². The lowest BCUT2D eigenvalue weighted by Gasteiger charge is -2.16. The van der Waals surface area contributed by atoms with E-state index in [0.29, 0.717) is 24.3 Å². The van der Waals surface area contributed by atoms with Crippen LogP contribution in [0.1, 0.15) is 41.5 Å². The Labute approximate surface area is 92.4 Å². The molecule has 15 heavy (non-hydrogen) atoms. The number of hydrogen-bond donors (Lipinski definition) is 2. The molecule has 0 amide bonds. The molecule has 1 aliphatic rings. The summed E-state index contributed by atoms with van der Waals surface area (Å²) in [4.78, 5) is 13.2. The Morgan fingerprint density at radius 3 is 2.80 bits per heavy atom. The molecule has 1 unspecified atom stereocenters. The van der Waals surface area contributed by atoms with Gasteiger partial charge in [0.25, 0.3) is 0 Å². The van der Waals surface area contributed by atoms with Crippen molar-refractivity contribution in [2.75, 3.05) is 0 Å². The first kappa shape index (κ1) is 10.6. The van der Waals surface area contributed by atoms with E-state index in [1.807, 2.05) is 6.07 Å². The fraction of sp³-hybridized carbons (Fsp3) is 0.545. The first-order chi connectivity index (χ1) is 6.95. The molecule has 0 saturated heterocycles. The lowest BCUT2D eigenvalue weighted by molar-refractivity contribution is -0.159. The summed E-state index contributed by atoms with van der Waals surface area (Å²) in [5.41, 5.74) is -1.03. The van der Waals surface area contributed by atoms with Crippen LogP contribution in [0.15, 0.2) is 6.07 Å². The first-order valence-corrected chi connectivity index (χ1v) is 5.85. The highest BCUT2D eigenvalue weighted by Crippen LogP contribution is 2.43. The van der Waals surface area contributed by atoms with Gasteiger partial charge in [-0.15, -0.1) is 11.3 Å². The number of fused-ring (bicyclic) bond motifs is 1. The van der Waals surface area contributed by atoms with Gasteiger partial charge in [0.2, 0.25) is 0 Å². The summed E-state index contributed by atoms with van der Waals surface area (Å²) in [6.07, 6.45) is 0.984. The van der Waals surface area contributed by atoms with Crippen LogP contribution in [-0.4, -0.2) is 16.2 Å². The molecule has 1 heterocycles. The average Bonchev–Trinajstić information content (AvgIpc) is 2.67. The largest absolute Gasteiger partial charge is 0.479 e. The number of carboxylic acids is 1. The van der Waals surface area contributed by atoms with Crippen molar-refractivity contribution in [3.8, 4) is 0 Å². The fourth-order valence-corrected chi connectivity index (χ4v) is 3.16. The molecule has 0 fully saturated rings. The molecule has 2 N–H and O–H groups in total. The standard InChI is InChI=1S/C11H14O3S/c1-6(2)9-5-7-8(15-9)3-4-11(7,14)10(12)13/h5-6,14H,3-4H2,1-2H3,(H,12,13). The lowest BCUT2D eigenvalue weighted by atomic mass is 9.97. The predicted octanol–water partition coefficient (Wildman–Crippen LogP) is 2.09. The van der Waals surface area contributed by atoms with Gasteiger partial charge in [0, 0.05) is 15.3 Å². The Bertz CT molecular complexity index is 408. The van der Waals surface area contributed by atoms with Crippen LogP contribution >= 0.6 is 11.3 Å². The Balaban J connectivity index is 2.46. The molecule has 0 aliphatic heterocycles. The third-order valence-electron chi connectivity index (χ3n) is 2.91. The highest BCUT2D eigenvalue weighted by Gasteiger charge is 2.45. The molecule has 0 spiro atoms. The van der Waals surface area contributed by atoms with Crippen molar-refractivity contribution in [3.63, 3.8) is 0 Å². The molecule has 3 nitrogen and oxygen atoms in total. The van der Waals surface area contributed by atoms with Gasteiger partial charge in [0.15, 0.2) is 5.60 Å². The van der Waals surface area contributed by atoms with Gasteiger partial charge < -0.3 is 10.2 Å². The van der Waals surface area contributed by atoms with E-state index >= 15 is 0 Å². The molecular formula is C11H14O3S. The lowest BCUT2D eigenvalue weighted by Crippen LogP contribution is -2.32. The molecule has 1 aliphatic carbocycles. The number of aliphatic hydroxyl groups is 1. The normalized spacial score (nSPS) is 24.5. The third-order valence-corrected chi connectivity index (χ3v) is 4.41. The highest BCUT2D eigenvalue weighted by atomic mass is 32.1. The predicted molar refractivity (Wildman–Crippen MR) is 58.3 cm³/mol. The van der Waals surface area contributed by atoms with Crippen LogP contribution < -0.4 is 0 Å². The minimum absolute atomic E-state index is 0.307. The van der Waals surface area contributed by atoms with Crippen molar-refractivity contribution in [1.29, 1.82) is 0 Å². The molecule has 0 bridgehead atoms. The van der Waals surface area contributed by atoms with Crippen molar-refractivity contribution in [3.05, 3.63) is 21.4 Å². The second-order valence-electron chi connectivity index (χ2n) is 4.31. The Morgan fingerprint density at radius 1 is 1.60 bits per heavy atom. The SMILES string of the molecule is CC(C)c1cc2c(s1)CCC2(O)C(=O)O. The molecule has 1 atom stereocenters. The zero-order valence-electron chi connectivity index (χ0n) is 8.78. The van der Waals surface area contributed by atoms with E-state index in [0.717, 1.165) is 9.75 Å². The topological polar surface area (TPSA) is 57.5 Å². The van der Waals surface area contributed by atoms with Gasteiger partial charge in [-0.25, -0.2) is 4.79 Å². The Hall–Kier alpha value is -0.870. The van der Waals surface area contributed by atoms with Crippen molar-refractivity contribution in [1.82, 2.24) is 0 Å². The van der Waals surface area contributed by atoms with Crippen molar-refractivity contribution in [2.45, 2.75) is 38.2 Å². The molecular weight excluding hydrogens is 212 g/mol. The van der Waals surface area contributed by atoms with Crippen LogP contribution in [0.5, 0.6) is 0 Å². The van der Waals surface area contributed by atoms with Crippen LogP contribution in [0.2, 0.25) is 0 Å². The summed E-state index contributed by atoms with van der Waals surface area (Å²) in [7, 11) is 0. The maximum absolute atomic E-state index is 11.0. The average molecular weight is 226 g/mol. The van der Waals surface area contributed by atoms with Crippen LogP contribution in [-0.2, 0) is 16.8 Å². The summed E-state index contributed by atoms with van der Waals surface area (Å²) in [6, 6.07) is 1.85. The zero-order chi connectivity index (χ0) is 11.2. The smallest absolute Gasteiger partial charge is 0.340 e. The van der Waals surface area contributed by atoms with Crippen LogP contribution in [0.4, 0.5) is 0 Å². The first-order valence-electron chi connectivity index (χ1n) is 5.04. The van der Waals surface area contributed by atoms with Crippen LogP contribution in [0.3, 0.4) is 0 Å². The molecule has 1 aromatic heterocycles. The number of hydrogen-bond acceptors (Lipinski definition) is 3. The maximum Gasteiger partial charge on any atom is 0.340 e. The number of aliphatic carboxylic acids is 1. The van der Waals surface area contributed by atoms with E-state index in [1.165, 1.54) is 0 Å². The monoisotopic (exact) mass is 226 g/mol. The van der Waals surface area contributed by atoms with Gasteiger partial charge in [-0.05, 0) is 24.8 Å². The van der Waals surface area contributed by atoms with Gasteiger partial charge >= 0.3 is 5.97 Å². The van der Waals surface area contributed by atoms with Gasteiger partial charge in [-0.2, -0.15) is 0 Å². The molecule has 0 radical (unpaired) electrons. The van der Waals surface area contributed by atoms with E-state index in [2.05, 4.69) is 13.8 Å². The minimum Gasteiger partial charge on any atom is -0.479 e. The number of rotatable bonds is 2. The van der Waals surface area contributed by atoms with Crippen LogP contribution in [0, 0.1) is 0 Å². The molecule has 1 aromatic rings. The summed E-state index contributed by atoms with van der Waals surface area (Å²) >= 11 is 1.63. The van der Waals surface area contributed by atoms with E-state index in [4.69, 9.17) is 5.11 Å². The quantitative estimate of drug-likeness (QED) is 0.811. The summed E-state index contributed by atoms with van der Waals surface area (Å²) in [5, 5.41) is 19.0. The van der Waals surface area contributed by atoms with Crippen molar-refractivity contribution >= 4 is 17.3 Å². The number of carbonyl (C=O) groups is 1. The van der Waals surface area contributed by atoms with E-state index in [1.54, 1.807) is 11.3 Å². The number of thiophene rings is 1. The molecule has 0 saturated carbocycles. The van der Waals surface area contributed by atoms with Crippen molar-refractivity contribution < 1.29 is 15.0 Å². The summed E-state index contributed by atoms with van der Waals surface area (Å²) in [5.74, 6) is -0.743. The number of aryl methyl sites for hydroxylation is 1. The molecule has 82 valence electrons. The van der Waals surface area contributed by atoms with Crippen LogP contribution in [0.25, 0.3) is 0 Å². The van der Waals surface area contributed by atoms with E-state index < -0.39 is 11.6 Å². The fourth-order valence-electron chi connectivity index (χ4n) is 1.92. The van der Waals surface area contributed by atoms with Gasteiger partial charge in [0.05, 0.1) is 0 Å². The summed E-state index contributed by atoms with van der Waals surface area (Å²) < 4.78 is 0. The summed E-state index contributed by atoms with van der Waals surface area (Å²) in [6.45, 7) is 4.14. The second-order valence-corrected chi connectivity index (χ2v) is 5.47. The minimum atomic E-state index is -1.64. The van der Waals surface area contributed by atoms with Gasteiger partial charge in [-0.3, -0.25) is 0 Å². The Kier molecular flexibility index (Phi) is 2.35. The second kappa shape index (κ2) is 3.32. The molecule has 0 aromatic carbocycles. The Morgan fingerprint density at radius 2 is 2.27 bits per heavy atom. The number of carboxylic acid groups (broad SMARTS) is 1. The van der Waals surface area contributed by atoms with Gasteiger partial charge in [0.1, 0.15) is 0 Å².